The Morgan fingerprint density at radius 2 is 2.07 bits per heavy atom. The third-order valence-corrected chi connectivity index (χ3v) is 5.43. The van der Waals surface area contributed by atoms with Crippen LogP contribution in [-0.4, -0.2) is 48.7 Å². The van der Waals surface area contributed by atoms with Gasteiger partial charge in [0.2, 0.25) is 0 Å². The minimum Gasteiger partial charge on any atom is -0.468 e. The third-order valence-electron chi connectivity index (χ3n) is 5.43. The zero-order valence-electron chi connectivity index (χ0n) is 18.0. The highest BCUT2D eigenvalue weighted by atomic mass is 16.3. The number of likely N-dealkylation sites (tertiary alicyclic amines) is 1. The lowest BCUT2D eigenvalue weighted by Gasteiger charge is -2.27. The lowest BCUT2D eigenvalue weighted by Crippen LogP contribution is -2.43. The Kier molecular flexibility index (Phi) is 7.03. The van der Waals surface area contributed by atoms with Crippen molar-refractivity contribution in [1.29, 1.82) is 0 Å². The van der Waals surface area contributed by atoms with Gasteiger partial charge in [0.05, 0.1) is 18.8 Å². The van der Waals surface area contributed by atoms with E-state index < -0.39 is 5.60 Å². The summed E-state index contributed by atoms with van der Waals surface area (Å²) >= 11 is 0. The van der Waals surface area contributed by atoms with Gasteiger partial charge < -0.3 is 24.6 Å². The van der Waals surface area contributed by atoms with E-state index in [1.165, 1.54) is 12.8 Å². The fourth-order valence-electron chi connectivity index (χ4n) is 3.96. The summed E-state index contributed by atoms with van der Waals surface area (Å²) in [6.45, 7) is 11.4. The molecule has 160 valence electrons. The standard InChI is InChI=1S/C22H34N4O3/c1-5-23-21(25-15-22(4,27)18-13-16(2)29-17(18)3)24-14-19(20-9-8-12-28-20)26-10-6-7-11-26/h8-9,12-13,19,27H,5-7,10-11,14-15H2,1-4H3,(H2,23,24,25). The van der Waals surface area contributed by atoms with Crippen LogP contribution in [0.4, 0.5) is 0 Å². The third kappa shape index (κ3) is 5.42. The summed E-state index contributed by atoms with van der Waals surface area (Å²) < 4.78 is 11.3. The number of nitrogens with zero attached hydrogens (tertiary/aromatic N) is 2. The van der Waals surface area contributed by atoms with Gasteiger partial charge in [-0.15, -0.1) is 0 Å². The molecule has 1 saturated heterocycles. The van der Waals surface area contributed by atoms with E-state index in [0.717, 1.165) is 42.5 Å². The van der Waals surface area contributed by atoms with Crippen LogP contribution in [0.5, 0.6) is 0 Å². The second kappa shape index (κ2) is 9.50. The van der Waals surface area contributed by atoms with Crippen molar-refractivity contribution in [2.24, 2.45) is 4.99 Å². The average Bonchev–Trinajstić information content (AvgIpc) is 3.42. The Hall–Kier alpha value is -2.25. The van der Waals surface area contributed by atoms with Crippen molar-refractivity contribution in [3.63, 3.8) is 0 Å². The van der Waals surface area contributed by atoms with Crippen LogP contribution in [0.15, 0.2) is 38.3 Å². The van der Waals surface area contributed by atoms with Gasteiger partial charge in [-0.05, 0) is 71.8 Å². The predicted octanol–water partition coefficient (Wildman–Crippen LogP) is 3.09. The zero-order valence-corrected chi connectivity index (χ0v) is 18.0. The van der Waals surface area contributed by atoms with Gasteiger partial charge >= 0.3 is 0 Å². The summed E-state index contributed by atoms with van der Waals surface area (Å²) in [4.78, 5) is 7.09. The molecular weight excluding hydrogens is 368 g/mol. The molecule has 1 aliphatic rings. The molecule has 7 heteroatoms. The first-order valence-corrected chi connectivity index (χ1v) is 10.5. The number of guanidine groups is 1. The van der Waals surface area contributed by atoms with Crippen molar-refractivity contribution in [3.8, 4) is 0 Å². The first-order valence-electron chi connectivity index (χ1n) is 10.5. The summed E-state index contributed by atoms with van der Waals surface area (Å²) in [7, 11) is 0. The van der Waals surface area contributed by atoms with E-state index in [1.54, 1.807) is 13.2 Å². The molecule has 0 amide bonds. The van der Waals surface area contributed by atoms with Crippen LogP contribution in [0, 0.1) is 13.8 Å². The largest absolute Gasteiger partial charge is 0.468 e. The molecule has 0 aliphatic carbocycles. The highest BCUT2D eigenvalue weighted by molar-refractivity contribution is 5.79. The molecule has 3 N–H and O–H groups in total. The Balaban J connectivity index is 1.69. The van der Waals surface area contributed by atoms with Crippen molar-refractivity contribution in [2.45, 2.75) is 52.2 Å². The Morgan fingerprint density at radius 3 is 2.66 bits per heavy atom. The lowest BCUT2D eigenvalue weighted by atomic mass is 9.96. The Labute approximate surface area is 173 Å². The topological polar surface area (TPSA) is 86.2 Å². The molecule has 1 aliphatic heterocycles. The van der Waals surface area contributed by atoms with Gasteiger partial charge in [-0.1, -0.05) is 0 Å². The van der Waals surface area contributed by atoms with Crippen molar-refractivity contribution < 1.29 is 13.9 Å². The van der Waals surface area contributed by atoms with Crippen LogP contribution in [0.3, 0.4) is 0 Å². The van der Waals surface area contributed by atoms with E-state index >= 15 is 0 Å². The van der Waals surface area contributed by atoms with E-state index in [4.69, 9.17) is 8.83 Å². The summed E-state index contributed by atoms with van der Waals surface area (Å²) in [5, 5.41) is 17.7. The fraction of sp³-hybridized carbons (Fsp3) is 0.591. The number of nitrogens with one attached hydrogen (secondary N) is 2. The van der Waals surface area contributed by atoms with Gasteiger partial charge in [0.15, 0.2) is 5.96 Å². The molecule has 3 heterocycles. The summed E-state index contributed by atoms with van der Waals surface area (Å²) in [5.41, 5.74) is -0.320. The minimum atomic E-state index is -1.10. The number of aliphatic hydroxyl groups is 1. The molecule has 0 saturated carbocycles. The molecule has 1 fully saturated rings. The SMILES string of the molecule is CCNC(=NCC(C)(O)c1cc(C)oc1C)NCC(c1ccco1)N1CCCC1. The van der Waals surface area contributed by atoms with E-state index in [1.807, 2.05) is 39.0 Å². The monoisotopic (exact) mass is 402 g/mol. The molecule has 3 rings (SSSR count). The van der Waals surface area contributed by atoms with Crippen LogP contribution in [-0.2, 0) is 5.60 Å². The van der Waals surface area contributed by atoms with Gasteiger partial charge in [-0.3, -0.25) is 4.90 Å². The predicted molar refractivity (Wildman–Crippen MR) is 114 cm³/mol. The molecule has 2 aromatic heterocycles. The van der Waals surface area contributed by atoms with Crippen LogP contribution in [0.25, 0.3) is 0 Å². The maximum atomic E-state index is 11.0. The molecule has 2 aromatic rings. The minimum absolute atomic E-state index is 0.163. The van der Waals surface area contributed by atoms with Crippen LogP contribution >= 0.6 is 0 Å². The molecule has 0 radical (unpaired) electrons. The molecule has 0 aromatic carbocycles. The highest BCUT2D eigenvalue weighted by Gasteiger charge is 2.28. The van der Waals surface area contributed by atoms with E-state index in [0.29, 0.717) is 12.5 Å². The molecule has 2 unspecified atom stereocenters. The Morgan fingerprint density at radius 1 is 1.31 bits per heavy atom. The number of hydrogen-bond donors (Lipinski definition) is 3. The number of furan rings is 2. The maximum Gasteiger partial charge on any atom is 0.191 e. The molecule has 0 bridgehead atoms. The van der Waals surface area contributed by atoms with Crippen molar-refractivity contribution in [1.82, 2.24) is 15.5 Å². The van der Waals surface area contributed by atoms with Crippen LogP contribution in [0.2, 0.25) is 0 Å². The molecule has 7 nitrogen and oxygen atoms in total. The van der Waals surface area contributed by atoms with E-state index in [2.05, 4.69) is 20.5 Å². The smallest absolute Gasteiger partial charge is 0.191 e. The Bertz CT molecular complexity index is 789. The van der Waals surface area contributed by atoms with Gasteiger partial charge in [0.25, 0.3) is 0 Å². The van der Waals surface area contributed by atoms with Gasteiger partial charge in [-0.2, -0.15) is 0 Å². The van der Waals surface area contributed by atoms with Crippen molar-refractivity contribution >= 4 is 5.96 Å². The van der Waals surface area contributed by atoms with Gasteiger partial charge in [-0.25, -0.2) is 4.99 Å². The highest BCUT2D eigenvalue weighted by Crippen LogP contribution is 2.27. The normalized spacial score (nSPS) is 18.6. The van der Waals surface area contributed by atoms with E-state index in [-0.39, 0.29) is 12.6 Å². The second-order valence-electron chi connectivity index (χ2n) is 7.95. The number of aryl methyl sites for hydroxylation is 2. The lowest BCUT2D eigenvalue weighted by molar-refractivity contribution is 0.0656. The molecular formula is C22H34N4O3. The maximum absolute atomic E-state index is 11.0. The van der Waals surface area contributed by atoms with E-state index in [9.17, 15) is 5.11 Å². The quantitative estimate of drug-likeness (QED) is 0.465. The van der Waals surface area contributed by atoms with Gasteiger partial charge in [0, 0.05) is 18.7 Å². The summed E-state index contributed by atoms with van der Waals surface area (Å²) in [5.74, 6) is 3.17. The molecule has 29 heavy (non-hydrogen) atoms. The first-order chi connectivity index (χ1) is 13.9. The number of aliphatic imine (C=N–C) groups is 1. The summed E-state index contributed by atoms with van der Waals surface area (Å²) in [6, 6.07) is 6.01. The van der Waals surface area contributed by atoms with Crippen molar-refractivity contribution in [3.05, 3.63) is 47.3 Å². The number of hydrogen-bond acceptors (Lipinski definition) is 5. The zero-order chi connectivity index (χ0) is 20.9. The number of rotatable bonds is 8. The van der Waals surface area contributed by atoms with Crippen molar-refractivity contribution in [2.75, 3.05) is 32.7 Å². The molecule has 2 atom stereocenters. The fourth-order valence-corrected chi connectivity index (χ4v) is 3.96. The first kappa shape index (κ1) is 21.5. The van der Waals surface area contributed by atoms with Crippen LogP contribution < -0.4 is 10.6 Å². The average molecular weight is 403 g/mol. The molecule has 0 spiro atoms. The summed E-state index contributed by atoms with van der Waals surface area (Å²) in [6.07, 6.45) is 4.17. The van der Waals surface area contributed by atoms with Gasteiger partial charge in [0.1, 0.15) is 22.9 Å². The van der Waals surface area contributed by atoms with Crippen LogP contribution in [0.1, 0.15) is 55.6 Å². The second-order valence-corrected chi connectivity index (χ2v) is 7.95.